The summed E-state index contributed by atoms with van der Waals surface area (Å²) >= 11 is 5.92. The molecule has 0 unspecified atom stereocenters. The van der Waals surface area contributed by atoms with E-state index in [0.717, 1.165) is 5.56 Å². The predicted molar refractivity (Wildman–Crippen MR) is 73.5 cm³/mol. The van der Waals surface area contributed by atoms with E-state index in [9.17, 15) is 9.90 Å². The van der Waals surface area contributed by atoms with E-state index in [-0.39, 0.29) is 12.5 Å². The molecule has 1 aliphatic heterocycles. The zero-order chi connectivity index (χ0) is 13.9. The molecule has 1 aromatic carbocycles. The first-order valence-electron chi connectivity index (χ1n) is 6.35. The van der Waals surface area contributed by atoms with Crippen molar-refractivity contribution in [1.82, 2.24) is 5.32 Å². The van der Waals surface area contributed by atoms with Crippen LogP contribution in [0.15, 0.2) is 18.2 Å². The minimum Gasteiger partial charge on any atom is -0.388 e. The minimum absolute atomic E-state index is 0.195. The molecule has 0 atom stereocenters. The van der Waals surface area contributed by atoms with E-state index in [1.54, 1.807) is 18.2 Å². The molecule has 1 heterocycles. The summed E-state index contributed by atoms with van der Waals surface area (Å²) in [4.78, 5) is 12.0. The molecule has 0 aromatic heterocycles. The largest absolute Gasteiger partial charge is 0.388 e. The van der Waals surface area contributed by atoms with E-state index in [0.29, 0.717) is 36.6 Å². The van der Waals surface area contributed by atoms with Crippen LogP contribution in [0.2, 0.25) is 5.02 Å². The molecule has 2 rings (SSSR count). The number of carbonyl (C=O) groups excluding carboxylic acids is 1. The number of nitrogens with one attached hydrogen (secondary N) is 1. The Kier molecular flexibility index (Phi) is 4.45. The van der Waals surface area contributed by atoms with E-state index in [1.807, 2.05) is 6.92 Å². The zero-order valence-corrected chi connectivity index (χ0v) is 11.7. The lowest BCUT2D eigenvalue weighted by Crippen LogP contribution is -2.46. The molecule has 5 heteroatoms. The molecule has 19 heavy (non-hydrogen) atoms. The van der Waals surface area contributed by atoms with Crippen molar-refractivity contribution in [2.45, 2.75) is 25.4 Å². The third kappa shape index (κ3) is 3.69. The topological polar surface area (TPSA) is 58.6 Å². The lowest BCUT2D eigenvalue weighted by Gasteiger charge is -2.32. The van der Waals surface area contributed by atoms with Crippen LogP contribution in [-0.2, 0) is 4.74 Å². The Hall–Kier alpha value is -1.10. The van der Waals surface area contributed by atoms with Crippen molar-refractivity contribution in [3.05, 3.63) is 34.3 Å². The fourth-order valence-electron chi connectivity index (χ4n) is 2.06. The Morgan fingerprint density at radius 2 is 2.16 bits per heavy atom. The van der Waals surface area contributed by atoms with Gasteiger partial charge in [0.25, 0.3) is 5.91 Å². The molecule has 1 saturated heterocycles. The molecule has 1 fully saturated rings. The Morgan fingerprint density at radius 3 is 2.79 bits per heavy atom. The van der Waals surface area contributed by atoms with Gasteiger partial charge in [-0.25, -0.2) is 0 Å². The van der Waals surface area contributed by atoms with Crippen LogP contribution in [0.25, 0.3) is 0 Å². The van der Waals surface area contributed by atoms with E-state index in [2.05, 4.69) is 5.32 Å². The highest BCUT2D eigenvalue weighted by molar-refractivity contribution is 6.31. The van der Waals surface area contributed by atoms with Crippen LogP contribution in [0, 0.1) is 6.92 Å². The number of hydrogen-bond donors (Lipinski definition) is 2. The van der Waals surface area contributed by atoms with E-state index in [4.69, 9.17) is 16.3 Å². The number of hydrogen-bond acceptors (Lipinski definition) is 3. The smallest absolute Gasteiger partial charge is 0.251 e. The molecule has 2 N–H and O–H groups in total. The second kappa shape index (κ2) is 5.90. The van der Waals surface area contributed by atoms with Crippen LogP contribution in [-0.4, -0.2) is 36.4 Å². The first kappa shape index (κ1) is 14.3. The van der Waals surface area contributed by atoms with Crippen LogP contribution in [0.4, 0.5) is 0 Å². The second-order valence-corrected chi connectivity index (χ2v) is 5.39. The molecule has 0 bridgehead atoms. The van der Waals surface area contributed by atoms with Crippen molar-refractivity contribution in [1.29, 1.82) is 0 Å². The van der Waals surface area contributed by atoms with Crippen LogP contribution >= 0.6 is 11.6 Å². The molecular weight excluding hydrogens is 266 g/mol. The lowest BCUT2D eigenvalue weighted by molar-refractivity contribution is -0.0605. The van der Waals surface area contributed by atoms with Crippen LogP contribution in [0.5, 0.6) is 0 Å². The monoisotopic (exact) mass is 283 g/mol. The van der Waals surface area contributed by atoms with Crippen LogP contribution in [0.3, 0.4) is 0 Å². The van der Waals surface area contributed by atoms with Gasteiger partial charge >= 0.3 is 0 Å². The van der Waals surface area contributed by atoms with Crippen molar-refractivity contribution in [2.75, 3.05) is 19.8 Å². The predicted octanol–water partition coefficient (Wildman–Crippen LogP) is 1.92. The number of amides is 1. The maximum absolute atomic E-state index is 12.0. The Labute approximate surface area is 117 Å². The maximum Gasteiger partial charge on any atom is 0.251 e. The number of benzene rings is 1. The first-order valence-corrected chi connectivity index (χ1v) is 6.72. The van der Waals surface area contributed by atoms with E-state index in [1.165, 1.54) is 0 Å². The van der Waals surface area contributed by atoms with Crippen molar-refractivity contribution < 1.29 is 14.6 Å². The summed E-state index contributed by atoms with van der Waals surface area (Å²) < 4.78 is 5.20. The van der Waals surface area contributed by atoms with Crippen molar-refractivity contribution >= 4 is 17.5 Å². The Morgan fingerprint density at radius 1 is 1.47 bits per heavy atom. The molecule has 0 saturated carbocycles. The van der Waals surface area contributed by atoms with E-state index >= 15 is 0 Å². The summed E-state index contributed by atoms with van der Waals surface area (Å²) in [5, 5.41) is 13.7. The molecule has 1 amide bonds. The standard InChI is InChI=1S/C14H18ClNO3/c1-10-8-11(2-3-12(10)15)13(17)16-9-14(18)4-6-19-7-5-14/h2-3,8,18H,4-7,9H2,1H3,(H,16,17). The van der Waals surface area contributed by atoms with Gasteiger partial charge in [0.15, 0.2) is 0 Å². The number of aliphatic hydroxyl groups is 1. The number of carbonyl (C=O) groups is 1. The highest BCUT2D eigenvalue weighted by Crippen LogP contribution is 2.20. The molecule has 0 aliphatic carbocycles. The van der Waals surface area contributed by atoms with Gasteiger partial charge in [0.2, 0.25) is 0 Å². The molecular formula is C14H18ClNO3. The Bertz CT molecular complexity index is 470. The van der Waals surface area contributed by atoms with Gasteiger partial charge in [0.05, 0.1) is 5.60 Å². The van der Waals surface area contributed by atoms with Gasteiger partial charge in [-0.3, -0.25) is 4.79 Å². The van der Waals surface area contributed by atoms with Gasteiger partial charge in [0, 0.05) is 43.2 Å². The molecule has 0 radical (unpaired) electrons. The molecule has 1 aromatic rings. The van der Waals surface area contributed by atoms with Crippen LogP contribution < -0.4 is 5.32 Å². The van der Waals surface area contributed by atoms with Crippen LogP contribution in [0.1, 0.15) is 28.8 Å². The number of halogens is 1. The number of aryl methyl sites for hydroxylation is 1. The average molecular weight is 284 g/mol. The second-order valence-electron chi connectivity index (χ2n) is 4.98. The highest BCUT2D eigenvalue weighted by Gasteiger charge is 2.30. The third-order valence-corrected chi connectivity index (χ3v) is 3.85. The van der Waals surface area contributed by atoms with Gasteiger partial charge < -0.3 is 15.2 Å². The summed E-state index contributed by atoms with van der Waals surface area (Å²) in [5.41, 5.74) is 0.562. The highest BCUT2D eigenvalue weighted by atomic mass is 35.5. The average Bonchev–Trinajstić information content (AvgIpc) is 2.40. The Balaban J connectivity index is 1.95. The fraction of sp³-hybridized carbons (Fsp3) is 0.500. The number of ether oxygens (including phenoxy) is 1. The zero-order valence-electron chi connectivity index (χ0n) is 10.9. The first-order chi connectivity index (χ1) is 9.00. The molecule has 1 aliphatic rings. The minimum atomic E-state index is -0.852. The van der Waals surface area contributed by atoms with Gasteiger partial charge in [-0.05, 0) is 30.7 Å². The van der Waals surface area contributed by atoms with Gasteiger partial charge in [-0.1, -0.05) is 11.6 Å². The quantitative estimate of drug-likeness (QED) is 0.891. The van der Waals surface area contributed by atoms with Gasteiger partial charge in [0.1, 0.15) is 0 Å². The summed E-state index contributed by atoms with van der Waals surface area (Å²) in [6.45, 7) is 3.17. The third-order valence-electron chi connectivity index (χ3n) is 3.42. The normalized spacial score (nSPS) is 18.1. The molecule has 4 nitrogen and oxygen atoms in total. The molecule has 104 valence electrons. The van der Waals surface area contributed by atoms with Crippen molar-refractivity contribution in [2.24, 2.45) is 0 Å². The molecule has 0 spiro atoms. The fourth-order valence-corrected chi connectivity index (χ4v) is 2.18. The summed E-state index contributed by atoms with van der Waals surface area (Å²) in [6.07, 6.45) is 1.10. The van der Waals surface area contributed by atoms with Gasteiger partial charge in [-0.15, -0.1) is 0 Å². The van der Waals surface area contributed by atoms with Gasteiger partial charge in [-0.2, -0.15) is 0 Å². The lowest BCUT2D eigenvalue weighted by atomic mass is 9.94. The maximum atomic E-state index is 12.0. The van der Waals surface area contributed by atoms with E-state index < -0.39 is 5.60 Å². The van der Waals surface area contributed by atoms with Crippen molar-refractivity contribution in [3.8, 4) is 0 Å². The summed E-state index contributed by atoms with van der Waals surface area (Å²) in [6, 6.07) is 5.12. The number of rotatable bonds is 3. The SMILES string of the molecule is Cc1cc(C(=O)NCC2(O)CCOCC2)ccc1Cl. The van der Waals surface area contributed by atoms with Crippen molar-refractivity contribution in [3.63, 3.8) is 0 Å². The summed E-state index contributed by atoms with van der Waals surface area (Å²) in [7, 11) is 0. The summed E-state index contributed by atoms with van der Waals surface area (Å²) in [5.74, 6) is -0.195.